The van der Waals surface area contributed by atoms with Gasteiger partial charge in [0.2, 0.25) is 0 Å². The van der Waals surface area contributed by atoms with Crippen molar-refractivity contribution in [2.45, 2.75) is 79.3 Å². The fourth-order valence-electron chi connectivity index (χ4n) is 4.66. The number of nitrogens with one attached hydrogen (secondary N) is 2. The second-order valence-corrected chi connectivity index (χ2v) is 10.3. The molecule has 1 aromatic carbocycles. The van der Waals surface area contributed by atoms with Gasteiger partial charge in [0.15, 0.2) is 5.69 Å². The van der Waals surface area contributed by atoms with Crippen LogP contribution in [0, 0.1) is 11.3 Å². The number of amides is 3. The first-order valence-corrected chi connectivity index (χ1v) is 12.5. The Kier molecular flexibility index (Phi) is 8.38. The molecule has 1 atom stereocenters. The standard InChI is InChI=1S/C26H41N5O2/c1-6-30(7-2)25(33)27-17-22(26(3,4)5)28-24(32)23-20-15-11-12-16-21(20)31(29-23)18-19-13-9-8-10-14-19/h11-12,15-16,19,22H,6-10,13-14,17-18H2,1-5H3,(H,27,33)(H,28,32). The maximum Gasteiger partial charge on any atom is 0.317 e. The first-order valence-electron chi connectivity index (χ1n) is 12.5. The molecule has 182 valence electrons. The van der Waals surface area contributed by atoms with Gasteiger partial charge in [-0.25, -0.2) is 4.79 Å². The van der Waals surface area contributed by atoms with Crippen molar-refractivity contribution in [2.75, 3.05) is 19.6 Å². The molecule has 2 N–H and O–H groups in total. The van der Waals surface area contributed by atoms with E-state index < -0.39 is 0 Å². The van der Waals surface area contributed by atoms with Crippen molar-refractivity contribution in [2.24, 2.45) is 11.3 Å². The molecule has 2 aromatic rings. The Morgan fingerprint density at radius 3 is 2.42 bits per heavy atom. The molecule has 1 aromatic heterocycles. The number of carbonyl (C=O) groups is 2. The summed E-state index contributed by atoms with van der Waals surface area (Å²) in [7, 11) is 0. The maximum atomic E-state index is 13.4. The summed E-state index contributed by atoms with van der Waals surface area (Å²) in [5, 5.41) is 11.8. The number of fused-ring (bicyclic) bond motifs is 1. The summed E-state index contributed by atoms with van der Waals surface area (Å²) in [6.07, 6.45) is 6.35. The monoisotopic (exact) mass is 455 g/mol. The average molecular weight is 456 g/mol. The summed E-state index contributed by atoms with van der Waals surface area (Å²) in [5.41, 5.74) is 1.24. The molecule has 7 nitrogen and oxygen atoms in total. The maximum absolute atomic E-state index is 13.4. The van der Waals surface area contributed by atoms with Gasteiger partial charge >= 0.3 is 6.03 Å². The normalized spacial score (nSPS) is 15.9. The molecule has 3 rings (SSSR count). The van der Waals surface area contributed by atoms with Gasteiger partial charge in [0.05, 0.1) is 11.6 Å². The topological polar surface area (TPSA) is 79.3 Å². The van der Waals surface area contributed by atoms with Gasteiger partial charge in [-0.3, -0.25) is 9.48 Å². The minimum Gasteiger partial charge on any atom is -0.346 e. The first kappa shape index (κ1) is 25.1. The molecule has 1 aliphatic carbocycles. The second-order valence-electron chi connectivity index (χ2n) is 10.3. The lowest BCUT2D eigenvalue weighted by atomic mass is 9.86. The van der Waals surface area contributed by atoms with Crippen molar-refractivity contribution in [3.8, 4) is 0 Å². The highest BCUT2D eigenvalue weighted by Crippen LogP contribution is 2.27. The van der Waals surface area contributed by atoms with Gasteiger partial charge in [0.1, 0.15) is 0 Å². The van der Waals surface area contributed by atoms with Gasteiger partial charge in [0.25, 0.3) is 5.91 Å². The number of para-hydroxylation sites is 1. The van der Waals surface area contributed by atoms with Crippen molar-refractivity contribution >= 4 is 22.8 Å². The predicted molar refractivity (Wildman–Crippen MR) is 133 cm³/mol. The molecular weight excluding hydrogens is 414 g/mol. The largest absolute Gasteiger partial charge is 0.346 e. The zero-order valence-electron chi connectivity index (χ0n) is 21.0. The van der Waals surface area contributed by atoms with Crippen LogP contribution in [0.25, 0.3) is 10.9 Å². The third kappa shape index (κ3) is 6.27. The van der Waals surface area contributed by atoms with Gasteiger partial charge in [-0.05, 0) is 44.1 Å². The van der Waals surface area contributed by atoms with Crippen LogP contribution >= 0.6 is 0 Å². The van der Waals surface area contributed by atoms with Crippen molar-refractivity contribution in [1.29, 1.82) is 0 Å². The lowest BCUT2D eigenvalue weighted by Crippen LogP contribution is -2.52. The molecule has 7 heteroatoms. The molecule has 0 spiro atoms. The Balaban J connectivity index is 1.77. The van der Waals surface area contributed by atoms with Crippen LogP contribution in [0.15, 0.2) is 24.3 Å². The van der Waals surface area contributed by atoms with E-state index in [-0.39, 0.29) is 23.4 Å². The summed E-state index contributed by atoms with van der Waals surface area (Å²) in [5.74, 6) is 0.432. The second kappa shape index (κ2) is 11.0. The molecule has 0 aliphatic heterocycles. The fourth-order valence-corrected chi connectivity index (χ4v) is 4.66. The Morgan fingerprint density at radius 2 is 1.79 bits per heavy atom. The van der Waals surface area contributed by atoms with E-state index in [1.807, 2.05) is 42.8 Å². The smallest absolute Gasteiger partial charge is 0.317 e. The van der Waals surface area contributed by atoms with Crippen LogP contribution in [-0.4, -0.2) is 52.3 Å². The van der Waals surface area contributed by atoms with E-state index in [1.165, 1.54) is 32.1 Å². The Labute approximate surface area is 198 Å². The first-order chi connectivity index (χ1) is 15.7. The molecule has 1 heterocycles. The van der Waals surface area contributed by atoms with Crippen molar-refractivity contribution in [3.63, 3.8) is 0 Å². The highest BCUT2D eigenvalue weighted by Gasteiger charge is 2.29. The Morgan fingerprint density at radius 1 is 1.12 bits per heavy atom. The molecule has 0 saturated heterocycles. The lowest BCUT2D eigenvalue weighted by Gasteiger charge is -2.32. The zero-order valence-corrected chi connectivity index (χ0v) is 21.0. The van der Waals surface area contributed by atoms with Crippen molar-refractivity contribution in [3.05, 3.63) is 30.0 Å². The van der Waals surface area contributed by atoms with Gasteiger partial charge < -0.3 is 15.5 Å². The van der Waals surface area contributed by atoms with Crippen molar-refractivity contribution in [1.82, 2.24) is 25.3 Å². The van der Waals surface area contributed by atoms with E-state index in [0.717, 1.165) is 17.4 Å². The SMILES string of the molecule is CCN(CC)C(=O)NCC(NC(=O)c1nn(CC2CCCCC2)c2ccccc12)C(C)(C)C. The van der Waals surface area contributed by atoms with Crippen LogP contribution in [0.3, 0.4) is 0 Å². The third-order valence-electron chi connectivity index (χ3n) is 6.89. The third-order valence-corrected chi connectivity index (χ3v) is 6.89. The molecule has 0 radical (unpaired) electrons. The van der Waals surface area contributed by atoms with Crippen LogP contribution in [0.5, 0.6) is 0 Å². The van der Waals surface area contributed by atoms with Crippen LogP contribution in [0.2, 0.25) is 0 Å². The van der Waals surface area contributed by atoms with Crippen molar-refractivity contribution < 1.29 is 9.59 Å². The number of hydrogen-bond donors (Lipinski definition) is 2. The Hall–Kier alpha value is -2.57. The zero-order chi connectivity index (χ0) is 24.0. The average Bonchev–Trinajstić information content (AvgIpc) is 3.16. The molecule has 3 amide bonds. The van der Waals surface area contributed by atoms with Crippen LogP contribution in [0.4, 0.5) is 4.79 Å². The minimum atomic E-state index is -0.230. The van der Waals surface area contributed by atoms with Crippen LogP contribution in [0.1, 0.15) is 77.2 Å². The molecule has 1 fully saturated rings. The summed E-state index contributed by atoms with van der Waals surface area (Å²) in [4.78, 5) is 27.6. The van der Waals surface area contributed by atoms with Crippen LogP contribution < -0.4 is 10.6 Å². The summed E-state index contributed by atoms with van der Waals surface area (Å²) in [6, 6.07) is 7.65. The number of nitrogens with zero attached hydrogens (tertiary/aromatic N) is 3. The van der Waals surface area contributed by atoms with Crippen LogP contribution in [-0.2, 0) is 6.54 Å². The van der Waals surface area contributed by atoms with E-state index in [9.17, 15) is 9.59 Å². The number of benzene rings is 1. The highest BCUT2D eigenvalue weighted by atomic mass is 16.2. The predicted octanol–water partition coefficient (Wildman–Crippen LogP) is 4.81. The van der Waals surface area contributed by atoms with E-state index in [0.29, 0.717) is 31.2 Å². The molecule has 0 bridgehead atoms. The highest BCUT2D eigenvalue weighted by molar-refractivity contribution is 6.05. The lowest BCUT2D eigenvalue weighted by molar-refractivity contribution is 0.0895. The molecule has 1 unspecified atom stereocenters. The van der Waals surface area contributed by atoms with Gasteiger partial charge in [-0.1, -0.05) is 58.2 Å². The fraction of sp³-hybridized carbons (Fsp3) is 0.654. The minimum absolute atomic E-state index is 0.106. The summed E-state index contributed by atoms with van der Waals surface area (Å²) in [6.45, 7) is 12.7. The number of hydrogen-bond acceptors (Lipinski definition) is 3. The van der Waals surface area contributed by atoms with Gasteiger partial charge in [-0.2, -0.15) is 5.10 Å². The molecular formula is C26H41N5O2. The number of rotatable bonds is 8. The van der Waals surface area contributed by atoms with E-state index in [4.69, 9.17) is 5.10 Å². The molecule has 33 heavy (non-hydrogen) atoms. The quantitative estimate of drug-likeness (QED) is 0.599. The summed E-state index contributed by atoms with van der Waals surface area (Å²) >= 11 is 0. The number of carbonyl (C=O) groups excluding carboxylic acids is 2. The summed E-state index contributed by atoms with van der Waals surface area (Å²) < 4.78 is 2.02. The number of aromatic nitrogens is 2. The van der Waals surface area contributed by atoms with E-state index >= 15 is 0 Å². The Bertz CT molecular complexity index is 936. The van der Waals surface area contributed by atoms with E-state index in [2.05, 4.69) is 31.4 Å². The molecule has 1 saturated carbocycles. The van der Waals surface area contributed by atoms with E-state index in [1.54, 1.807) is 4.90 Å². The van der Waals surface area contributed by atoms with Gasteiger partial charge in [0, 0.05) is 31.6 Å². The number of urea groups is 1. The molecule has 1 aliphatic rings. The van der Waals surface area contributed by atoms with Gasteiger partial charge in [-0.15, -0.1) is 0 Å².